The maximum Gasteiger partial charge on any atom is 0.232 e. The van der Waals surface area contributed by atoms with Crippen LogP contribution in [0.5, 0.6) is 0 Å². The first-order valence-corrected chi connectivity index (χ1v) is 8.14. The van der Waals surface area contributed by atoms with Gasteiger partial charge in [-0.3, -0.25) is 4.79 Å². The molecule has 0 saturated carbocycles. The number of rotatable bonds is 4. The molecule has 0 aliphatic carbocycles. The van der Waals surface area contributed by atoms with Crippen molar-refractivity contribution in [3.63, 3.8) is 0 Å². The SMILES string of the molecule is Cc1ccccc1C(C)(C)C(=O)N(C)Cc1nnc2n1CCC2. The van der Waals surface area contributed by atoms with E-state index in [1.807, 2.05) is 39.1 Å². The number of hydrogen-bond acceptors (Lipinski definition) is 3. The van der Waals surface area contributed by atoms with Crippen molar-refractivity contribution in [2.45, 2.75) is 52.1 Å². The molecule has 0 radical (unpaired) electrons. The summed E-state index contributed by atoms with van der Waals surface area (Å²) in [6.45, 7) is 7.49. The zero-order valence-electron chi connectivity index (χ0n) is 14.3. The molecule has 0 fully saturated rings. The van der Waals surface area contributed by atoms with Gasteiger partial charge in [-0.15, -0.1) is 10.2 Å². The normalized spacial score (nSPS) is 13.9. The maximum absolute atomic E-state index is 13.0. The molecular formula is C18H24N4O. The quantitative estimate of drug-likeness (QED) is 0.871. The molecule has 0 N–H and O–H groups in total. The van der Waals surface area contributed by atoms with Crippen LogP contribution in [0.2, 0.25) is 0 Å². The minimum Gasteiger partial charge on any atom is -0.337 e. The first-order valence-electron chi connectivity index (χ1n) is 8.14. The van der Waals surface area contributed by atoms with Crippen LogP contribution in [0.15, 0.2) is 24.3 Å². The molecule has 122 valence electrons. The summed E-state index contributed by atoms with van der Waals surface area (Å²) >= 11 is 0. The van der Waals surface area contributed by atoms with Crippen LogP contribution in [0.3, 0.4) is 0 Å². The first kappa shape index (κ1) is 15.7. The molecule has 1 amide bonds. The van der Waals surface area contributed by atoms with E-state index >= 15 is 0 Å². The highest BCUT2D eigenvalue weighted by Gasteiger charge is 2.34. The van der Waals surface area contributed by atoms with Gasteiger partial charge >= 0.3 is 0 Å². The van der Waals surface area contributed by atoms with E-state index < -0.39 is 5.41 Å². The second-order valence-electron chi connectivity index (χ2n) is 6.89. The van der Waals surface area contributed by atoms with Crippen molar-refractivity contribution < 1.29 is 4.79 Å². The van der Waals surface area contributed by atoms with Crippen LogP contribution in [-0.2, 0) is 29.7 Å². The third-order valence-electron chi connectivity index (χ3n) is 4.76. The summed E-state index contributed by atoms with van der Waals surface area (Å²) in [4.78, 5) is 14.8. The second kappa shape index (κ2) is 5.80. The largest absolute Gasteiger partial charge is 0.337 e. The molecule has 2 aromatic rings. The minimum absolute atomic E-state index is 0.0992. The van der Waals surface area contributed by atoms with E-state index in [-0.39, 0.29) is 5.91 Å². The van der Waals surface area contributed by atoms with Crippen LogP contribution in [0.4, 0.5) is 0 Å². The zero-order chi connectivity index (χ0) is 16.6. The van der Waals surface area contributed by atoms with Crippen molar-refractivity contribution >= 4 is 5.91 Å². The number of carbonyl (C=O) groups excluding carboxylic acids is 1. The Bertz CT molecular complexity index is 732. The maximum atomic E-state index is 13.0. The predicted molar refractivity (Wildman–Crippen MR) is 89.0 cm³/mol. The number of nitrogens with zero attached hydrogens (tertiary/aromatic N) is 4. The predicted octanol–water partition coefficient (Wildman–Crippen LogP) is 2.47. The van der Waals surface area contributed by atoms with Gasteiger partial charge in [0.2, 0.25) is 5.91 Å². The van der Waals surface area contributed by atoms with Crippen LogP contribution in [0.25, 0.3) is 0 Å². The standard InChI is InChI=1S/C18H24N4O/c1-13-8-5-6-9-14(13)18(2,3)17(23)21(4)12-16-20-19-15-10-7-11-22(15)16/h5-6,8-9H,7,10-12H2,1-4H3. The van der Waals surface area contributed by atoms with Crippen LogP contribution >= 0.6 is 0 Å². The highest BCUT2D eigenvalue weighted by Crippen LogP contribution is 2.28. The smallest absolute Gasteiger partial charge is 0.232 e. The van der Waals surface area contributed by atoms with Gasteiger partial charge in [0.1, 0.15) is 5.82 Å². The van der Waals surface area contributed by atoms with E-state index in [1.54, 1.807) is 4.90 Å². The van der Waals surface area contributed by atoms with Crippen molar-refractivity contribution in [3.05, 3.63) is 47.0 Å². The summed E-state index contributed by atoms with van der Waals surface area (Å²) in [6.07, 6.45) is 2.10. The van der Waals surface area contributed by atoms with Gasteiger partial charge < -0.3 is 9.47 Å². The summed E-state index contributed by atoms with van der Waals surface area (Å²) in [5, 5.41) is 8.47. The Morgan fingerprint density at radius 3 is 2.78 bits per heavy atom. The third-order valence-corrected chi connectivity index (χ3v) is 4.76. The van der Waals surface area contributed by atoms with E-state index in [4.69, 9.17) is 0 Å². The Labute approximate surface area is 137 Å². The molecule has 2 heterocycles. The monoisotopic (exact) mass is 312 g/mol. The zero-order valence-corrected chi connectivity index (χ0v) is 14.3. The summed E-state index contributed by atoms with van der Waals surface area (Å²) < 4.78 is 2.14. The number of aromatic nitrogens is 3. The Hall–Kier alpha value is -2.17. The lowest BCUT2D eigenvalue weighted by atomic mass is 9.81. The van der Waals surface area contributed by atoms with Crippen LogP contribution in [-0.4, -0.2) is 32.6 Å². The Kier molecular flexibility index (Phi) is 3.96. The lowest BCUT2D eigenvalue weighted by molar-refractivity contribution is -0.135. The molecule has 0 unspecified atom stereocenters. The van der Waals surface area contributed by atoms with Gasteiger partial charge in [-0.2, -0.15) is 0 Å². The van der Waals surface area contributed by atoms with Gasteiger partial charge in [-0.1, -0.05) is 24.3 Å². The molecule has 3 rings (SSSR count). The Morgan fingerprint density at radius 2 is 2.04 bits per heavy atom. The Balaban J connectivity index is 1.80. The third kappa shape index (κ3) is 2.76. The molecule has 1 aliphatic heterocycles. The fourth-order valence-corrected chi connectivity index (χ4v) is 3.48. The summed E-state index contributed by atoms with van der Waals surface area (Å²) in [5.74, 6) is 2.02. The van der Waals surface area contributed by atoms with Gasteiger partial charge in [0, 0.05) is 20.0 Å². The van der Waals surface area contributed by atoms with Crippen molar-refractivity contribution in [3.8, 4) is 0 Å². The molecule has 5 heteroatoms. The van der Waals surface area contributed by atoms with Crippen molar-refractivity contribution in [1.29, 1.82) is 0 Å². The van der Waals surface area contributed by atoms with Crippen LogP contribution in [0.1, 0.15) is 43.0 Å². The van der Waals surface area contributed by atoms with Gasteiger partial charge in [-0.05, 0) is 38.3 Å². The first-order chi connectivity index (χ1) is 10.9. The fourth-order valence-electron chi connectivity index (χ4n) is 3.48. The average Bonchev–Trinajstić information content (AvgIpc) is 3.11. The summed E-state index contributed by atoms with van der Waals surface area (Å²) in [6, 6.07) is 8.08. The molecule has 1 aromatic heterocycles. The number of amides is 1. The Morgan fingerprint density at radius 1 is 1.30 bits per heavy atom. The molecule has 1 aliphatic rings. The molecule has 0 saturated heterocycles. The molecule has 23 heavy (non-hydrogen) atoms. The lowest BCUT2D eigenvalue weighted by Crippen LogP contribution is -2.41. The number of aryl methyl sites for hydroxylation is 2. The highest BCUT2D eigenvalue weighted by atomic mass is 16.2. The highest BCUT2D eigenvalue weighted by molar-refractivity contribution is 5.87. The number of likely N-dealkylation sites (N-methyl/N-ethyl adjacent to an activating group) is 1. The van der Waals surface area contributed by atoms with Gasteiger partial charge in [0.05, 0.1) is 12.0 Å². The molecular weight excluding hydrogens is 288 g/mol. The fraction of sp³-hybridized carbons (Fsp3) is 0.500. The molecule has 0 bridgehead atoms. The van der Waals surface area contributed by atoms with E-state index in [0.29, 0.717) is 6.54 Å². The lowest BCUT2D eigenvalue weighted by Gasteiger charge is -2.30. The van der Waals surface area contributed by atoms with Gasteiger partial charge in [0.25, 0.3) is 0 Å². The van der Waals surface area contributed by atoms with Gasteiger partial charge in [0.15, 0.2) is 5.82 Å². The number of carbonyl (C=O) groups is 1. The van der Waals surface area contributed by atoms with E-state index in [1.165, 1.54) is 0 Å². The topological polar surface area (TPSA) is 51.0 Å². The van der Waals surface area contributed by atoms with E-state index in [0.717, 1.165) is 42.2 Å². The molecule has 1 aromatic carbocycles. The molecule has 0 spiro atoms. The van der Waals surface area contributed by atoms with Crippen molar-refractivity contribution in [1.82, 2.24) is 19.7 Å². The summed E-state index contributed by atoms with van der Waals surface area (Å²) in [5.41, 5.74) is 1.65. The number of hydrogen-bond donors (Lipinski definition) is 0. The van der Waals surface area contributed by atoms with E-state index in [9.17, 15) is 4.79 Å². The van der Waals surface area contributed by atoms with Crippen LogP contribution < -0.4 is 0 Å². The second-order valence-corrected chi connectivity index (χ2v) is 6.89. The summed E-state index contributed by atoms with van der Waals surface area (Å²) in [7, 11) is 1.85. The molecule has 0 atom stereocenters. The molecule has 5 nitrogen and oxygen atoms in total. The number of fused-ring (bicyclic) bond motifs is 1. The minimum atomic E-state index is -0.562. The van der Waals surface area contributed by atoms with Gasteiger partial charge in [-0.25, -0.2) is 0 Å². The van der Waals surface area contributed by atoms with E-state index in [2.05, 4.69) is 27.8 Å². The van der Waals surface area contributed by atoms with Crippen molar-refractivity contribution in [2.24, 2.45) is 0 Å². The average molecular weight is 312 g/mol. The number of benzene rings is 1. The van der Waals surface area contributed by atoms with Crippen LogP contribution in [0, 0.1) is 6.92 Å². The van der Waals surface area contributed by atoms with Crippen molar-refractivity contribution in [2.75, 3.05) is 7.05 Å².